The summed E-state index contributed by atoms with van der Waals surface area (Å²) in [6.45, 7) is 0.478. The second-order valence-corrected chi connectivity index (χ2v) is 9.15. The Labute approximate surface area is 147 Å². The number of rotatable bonds is 3. The predicted molar refractivity (Wildman–Crippen MR) is 101 cm³/mol. The van der Waals surface area contributed by atoms with Crippen LogP contribution in [0.1, 0.15) is 16.9 Å². The molecular formula is C21H20NO2P. The van der Waals surface area contributed by atoms with Crippen molar-refractivity contribution in [3.8, 4) is 0 Å². The molecule has 1 aliphatic heterocycles. The van der Waals surface area contributed by atoms with Crippen molar-refractivity contribution < 1.29 is 9.77 Å². The Morgan fingerprint density at radius 1 is 0.800 bits per heavy atom. The van der Waals surface area contributed by atoms with E-state index in [0.29, 0.717) is 6.54 Å². The zero-order valence-corrected chi connectivity index (χ0v) is 14.7. The Bertz CT molecular complexity index is 868. The summed E-state index contributed by atoms with van der Waals surface area (Å²) in [4.78, 5) is 0. The molecule has 3 aromatic rings. The molecule has 0 aliphatic carbocycles. The van der Waals surface area contributed by atoms with Gasteiger partial charge < -0.3 is 9.77 Å². The Hall–Kier alpha value is -2.19. The van der Waals surface area contributed by atoms with Gasteiger partial charge in [0.1, 0.15) is 5.78 Å². The van der Waals surface area contributed by atoms with Crippen LogP contribution in [0.5, 0.6) is 0 Å². The molecule has 0 bridgehead atoms. The lowest BCUT2D eigenvalue weighted by atomic mass is 10.0. The fraction of sp³-hybridized carbons (Fsp3) is 0.143. The number of hydroxylamine groups is 2. The molecule has 4 rings (SSSR count). The average molecular weight is 349 g/mol. The Morgan fingerprint density at radius 3 is 1.92 bits per heavy atom. The molecule has 1 unspecified atom stereocenters. The van der Waals surface area contributed by atoms with Crippen LogP contribution >= 0.6 is 7.14 Å². The van der Waals surface area contributed by atoms with Crippen molar-refractivity contribution in [2.75, 3.05) is 6.54 Å². The van der Waals surface area contributed by atoms with E-state index < -0.39 is 12.9 Å². The van der Waals surface area contributed by atoms with Gasteiger partial charge in [-0.2, -0.15) is 5.06 Å². The van der Waals surface area contributed by atoms with Crippen molar-refractivity contribution in [3.05, 3.63) is 96.1 Å². The minimum atomic E-state index is -3.11. The zero-order valence-electron chi connectivity index (χ0n) is 13.8. The smallest absolute Gasteiger partial charge is 0.166 e. The Kier molecular flexibility index (Phi) is 4.30. The first-order chi connectivity index (χ1) is 12.2. The van der Waals surface area contributed by atoms with Crippen LogP contribution in [0.15, 0.2) is 84.9 Å². The Balaban J connectivity index is 1.98. The molecule has 1 atom stereocenters. The largest absolute Gasteiger partial charge is 0.313 e. The van der Waals surface area contributed by atoms with E-state index >= 15 is 0 Å². The van der Waals surface area contributed by atoms with Gasteiger partial charge in [-0.25, -0.2) is 0 Å². The minimum Gasteiger partial charge on any atom is -0.313 e. The molecular weight excluding hydrogens is 329 g/mol. The maximum absolute atomic E-state index is 14.5. The Morgan fingerprint density at radius 2 is 1.32 bits per heavy atom. The third kappa shape index (κ3) is 2.75. The predicted octanol–water partition coefficient (Wildman–Crippen LogP) is 3.95. The topological polar surface area (TPSA) is 40.5 Å². The van der Waals surface area contributed by atoms with Gasteiger partial charge in [0.05, 0.1) is 0 Å². The second kappa shape index (κ2) is 6.61. The van der Waals surface area contributed by atoms with Gasteiger partial charge in [-0.1, -0.05) is 84.9 Å². The van der Waals surface area contributed by atoms with Gasteiger partial charge in [-0.05, 0) is 17.5 Å². The fourth-order valence-electron chi connectivity index (χ4n) is 3.65. The molecule has 0 spiro atoms. The molecule has 0 aromatic heterocycles. The highest BCUT2D eigenvalue weighted by molar-refractivity contribution is 7.78. The molecule has 0 fully saturated rings. The van der Waals surface area contributed by atoms with Crippen LogP contribution in [0.4, 0.5) is 0 Å². The molecule has 0 radical (unpaired) electrons. The normalized spacial score (nSPS) is 17.9. The van der Waals surface area contributed by atoms with Gasteiger partial charge in [-0.15, -0.1) is 0 Å². The highest BCUT2D eigenvalue weighted by Gasteiger charge is 2.43. The first kappa shape index (κ1) is 16.3. The van der Waals surface area contributed by atoms with Crippen molar-refractivity contribution in [2.24, 2.45) is 0 Å². The maximum atomic E-state index is 14.5. The van der Waals surface area contributed by atoms with Crippen molar-refractivity contribution in [1.29, 1.82) is 0 Å². The van der Waals surface area contributed by atoms with Gasteiger partial charge in [0.2, 0.25) is 0 Å². The van der Waals surface area contributed by atoms with Crippen LogP contribution in [0.3, 0.4) is 0 Å². The molecule has 1 N–H and O–H groups in total. The molecule has 3 aromatic carbocycles. The van der Waals surface area contributed by atoms with E-state index in [1.54, 1.807) is 0 Å². The van der Waals surface area contributed by atoms with Crippen LogP contribution < -0.4 is 10.6 Å². The van der Waals surface area contributed by atoms with Gasteiger partial charge >= 0.3 is 0 Å². The van der Waals surface area contributed by atoms with Crippen LogP contribution in [0.2, 0.25) is 0 Å². The number of benzene rings is 3. The summed E-state index contributed by atoms with van der Waals surface area (Å²) in [5, 5.41) is 13.5. The lowest BCUT2D eigenvalue weighted by molar-refractivity contribution is -0.109. The summed E-state index contributed by atoms with van der Waals surface area (Å²) in [5.74, 6) is -0.567. The fourth-order valence-corrected chi connectivity index (χ4v) is 6.87. The van der Waals surface area contributed by atoms with Crippen LogP contribution in [-0.2, 0) is 11.0 Å². The lowest BCUT2D eigenvalue weighted by Gasteiger charge is -2.38. The summed E-state index contributed by atoms with van der Waals surface area (Å²) in [6, 6.07) is 27.1. The molecule has 0 saturated heterocycles. The van der Waals surface area contributed by atoms with E-state index in [0.717, 1.165) is 28.2 Å². The number of nitrogens with zero attached hydrogens (tertiary/aromatic N) is 1. The van der Waals surface area contributed by atoms with Gasteiger partial charge in [0, 0.05) is 17.2 Å². The third-order valence-electron chi connectivity index (χ3n) is 4.85. The average Bonchev–Trinajstić information content (AvgIpc) is 2.69. The maximum Gasteiger partial charge on any atom is 0.166 e. The molecule has 25 heavy (non-hydrogen) atoms. The van der Waals surface area contributed by atoms with Crippen molar-refractivity contribution in [2.45, 2.75) is 12.2 Å². The van der Waals surface area contributed by atoms with E-state index in [-0.39, 0.29) is 0 Å². The van der Waals surface area contributed by atoms with Gasteiger partial charge in [0.15, 0.2) is 7.14 Å². The quantitative estimate of drug-likeness (QED) is 0.728. The first-order valence-corrected chi connectivity index (χ1v) is 10.2. The number of hydrogen-bond acceptors (Lipinski definition) is 3. The summed E-state index contributed by atoms with van der Waals surface area (Å²) in [5.41, 5.74) is 2.11. The van der Waals surface area contributed by atoms with Crippen molar-refractivity contribution in [1.82, 2.24) is 5.06 Å². The summed E-state index contributed by atoms with van der Waals surface area (Å²) >= 11 is 0. The van der Waals surface area contributed by atoms with E-state index in [9.17, 15) is 9.77 Å². The highest BCUT2D eigenvalue weighted by atomic mass is 31.2. The third-order valence-corrected chi connectivity index (χ3v) is 8.21. The van der Waals surface area contributed by atoms with Crippen LogP contribution in [0, 0.1) is 0 Å². The lowest BCUT2D eigenvalue weighted by Crippen LogP contribution is -2.37. The van der Waals surface area contributed by atoms with Gasteiger partial charge in [0.25, 0.3) is 0 Å². The van der Waals surface area contributed by atoms with Crippen molar-refractivity contribution >= 4 is 17.8 Å². The monoisotopic (exact) mass is 349 g/mol. The van der Waals surface area contributed by atoms with E-state index in [4.69, 9.17) is 0 Å². The standard InChI is InChI=1S/C21H20NO2P/c23-22-16-15-17-9-7-8-14-20(17)21(22)25(24,18-10-3-1-4-11-18)19-12-5-2-6-13-19/h1-14,21,23H,15-16H2. The second-order valence-electron chi connectivity index (χ2n) is 6.31. The summed E-state index contributed by atoms with van der Waals surface area (Å²) in [7, 11) is -3.11. The minimum absolute atomic E-state index is 0.478. The molecule has 0 amide bonds. The number of hydrogen-bond donors (Lipinski definition) is 1. The molecule has 4 heteroatoms. The molecule has 0 saturated carbocycles. The van der Waals surface area contributed by atoms with Crippen LogP contribution in [0.25, 0.3) is 0 Å². The molecule has 126 valence electrons. The number of fused-ring (bicyclic) bond motifs is 1. The first-order valence-electron chi connectivity index (χ1n) is 8.45. The van der Waals surface area contributed by atoms with Crippen LogP contribution in [-0.4, -0.2) is 16.8 Å². The van der Waals surface area contributed by atoms with E-state index in [2.05, 4.69) is 6.07 Å². The molecule has 1 aliphatic rings. The molecule has 3 nitrogen and oxygen atoms in total. The van der Waals surface area contributed by atoms with Crippen molar-refractivity contribution in [3.63, 3.8) is 0 Å². The molecule has 1 heterocycles. The zero-order chi connectivity index (χ0) is 17.3. The van der Waals surface area contributed by atoms with E-state index in [1.165, 1.54) is 5.06 Å². The SMILES string of the molecule is O=P(c1ccccc1)(c1ccccc1)C1c2ccccc2CCN1O. The van der Waals surface area contributed by atoms with E-state index in [1.807, 2.05) is 78.9 Å². The van der Waals surface area contributed by atoms with Gasteiger partial charge in [-0.3, -0.25) is 0 Å². The summed E-state index contributed by atoms with van der Waals surface area (Å²) < 4.78 is 14.5. The summed E-state index contributed by atoms with van der Waals surface area (Å²) in [6.07, 6.45) is 0.757. The highest BCUT2D eigenvalue weighted by Crippen LogP contribution is 2.59.